The third kappa shape index (κ3) is 17.0. The molecule has 0 saturated heterocycles. The first kappa shape index (κ1) is 77.7. The van der Waals surface area contributed by atoms with Crippen LogP contribution >= 0.6 is 0 Å². The third-order valence-electron chi connectivity index (χ3n) is 19.6. The van der Waals surface area contributed by atoms with Crippen molar-refractivity contribution in [3.63, 3.8) is 0 Å². The maximum atomic E-state index is 15.2. The fourth-order valence-corrected chi connectivity index (χ4v) is 13.2. The lowest BCUT2D eigenvalue weighted by Gasteiger charge is -2.21. The predicted molar refractivity (Wildman–Crippen MR) is 442 cm³/mol. The Labute approximate surface area is 652 Å². The zero-order valence-electron chi connectivity index (χ0n) is 65.9. The van der Waals surface area contributed by atoms with Crippen molar-refractivity contribution in [2.45, 2.75) is 125 Å². The minimum Gasteiger partial charge on any atom is -0.383 e. The highest BCUT2D eigenvalue weighted by atomic mass is 19.1. The predicted octanol–water partition coefficient (Wildman–Crippen LogP) is 16.5. The number of fused-ring (bicyclic) bond motifs is 3. The van der Waals surface area contributed by atoms with Gasteiger partial charge in [-0.2, -0.15) is 25.5 Å². The van der Waals surface area contributed by atoms with Crippen molar-refractivity contribution in [3.8, 4) is 39.6 Å². The van der Waals surface area contributed by atoms with Crippen LogP contribution in [0.5, 0.6) is 0 Å². The molecule has 11 N–H and O–H groups in total. The number of aryl methyl sites for hydroxylation is 6. The van der Waals surface area contributed by atoms with Crippen LogP contribution in [0.3, 0.4) is 0 Å². The highest BCUT2D eigenvalue weighted by molar-refractivity contribution is 6.04. The number of halogens is 2. The second kappa shape index (κ2) is 31.1. The maximum Gasteiger partial charge on any atom is 0.324 e. The van der Waals surface area contributed by atoms with E-state index >= 15 is 8.78 Å². The zero-order chi connectivity index (χ0) is 80.7. The van der Waals surface area contributed by atoms with Crippen molar-refractivity contribution in [1.29, 1.82) is 0 Å². The van der Waals surface area contributed by atoms with E-state index in [0.29, 0.717) is 68.9 Å². The minimum absolute atomic E-state index is 0.0124. The molecule has 0 spiro atoms. The van der Waals surface area contributed by atoms with Gasteiger partial charge in [-0.25, -0.2) is 62.0 Å². The second-order valence-corrected chi connectivity index (χ2v) is 31.5. The summed E-state index contributed by atoms with van der Waals surface area (Å²) in [5.74, 6) is 1.79. The third-order valence-corrected chi connectivity index (χ3v) is 19.6. The Morgan fingerprint density at radius 3 is 1.49 bits per heavy atom. The van der Waals surface area contributed by atoms with Gasteiger partial charge in [0.05, 0.1) is 61.5 Å². The lowest BCUT2D eigenvalue weighted by atomic mass is 9.85. The Balaban J connectivity index is 0.000000148. The molecule has 0 aliphatic heterocycles. The summed E-state index contributed by atoms with van der Waals surface area (Å²) in [4.78, 5) is 59.9. The molecule has 1 aliphatic carbocycles. The van der Waals surface area contributed by atoms with E-state index in [2.05, 4.69) is 114 Å². The molecule has 1 unspecified atom stereocenters. The molecule has 9 heterocycles. The molecular formula is C84H92F2N24O3. The number of pyridine rings is 1. The molecule has 1 aliphatic rings. The number of nitrogens with two attached hydrogens (primary N) is 3. The van der Waals surface area contributed by atoms with Crippen molar-refractivity contribution in [1.82, 2.24) is 78.4 Å². The Morgan fingerprint density at radius 1 is 0.487 bits per heavy atom. The van der Waals surface area contributed by atoms with Crippen LogP contribution in [-0.4, -0.2) is 96.4 Å². The fraction of sp³-hybridized carbons (Fsp3) is 0.274. The average Bonchev–Trinajstić information content (AvgIpc) is 1.64. The SMILES string of the molecule is Cc1ccc(-n2nc(C(C)(C)C)cc2NC(=O)CC2CC=C(c3cn(C)c4ncnc(N)c34)CC2)cc1.Cc1ccc(-n2nc(C(C)(C)C)cc2NC(=O)Nc2ccc(-c3nn(C)c4ccnc(N)c34)cc2F)cc1.Cc1ccc(-n2nc(C(C)(C)C)cc2NC(=O)Nc2ccc(-c3nn(C)c4ncnc(N)c34)c(F)c2)cc1. The minimum atomic E-state index is -0.610. The number of benzene rings is 5. The van der Waals surface area contributed by atoms with Gasteiger partial charge in [0.2, 0.25) is 5.91 Å². The van der Waals surface area contributed by atoms with E-state index in [1.807, 2.05) is 151 Å². The van der Waals surface area contributed by atoms with Crippen LogP contribution in [0, 0.1) is 38.3 Å². The average molecular weight is 1520 g/mol. The summed E-state index contributed by atoms with van der Waals surface area (Å²) in [5.41, 5.74) is 32.5. The van der Waals surface area contributed by atoms with Gasteiger partial charge in [0.1, 0.15) is 76.2 Å². The number of allylic oxidation sites excluding steroid dienone is 2. The summed E-state index contributed by atoms with van der Waals surface area (Å²) < 4.78 is 40.7. The molecule has 27 nitrogen and oxygen atoms in total. The molecule has 0 fully saturated rings. The summed E-state index contributed by atoms with van der Waals surface area (Å²) >= 11 is 0. The van der Waals surface area contributed by atoms with E-state index in [1.54, 1.807) is 52.5 Å². The maximum absolute atomic E-state index is 15.2. The van der Waals surface area contributed by atoms with Crippen LogP contribution in [0.4, 0.5) is 64.7 Å². The molecule has 0 radical (unpaired) electrons. The molecule has 1 atom stereocenters. The largest absolute Gasteiger partial charge is 0.383 e. The van der Waals surface area contributed by atoms with Gasteiger partial charge < -0.3 is 37.7 Å². The molecule has 15 rings (SSSR count). The molecule has 113 heavy (non-hydrogen) atoms. The van der Waals surface area contributed by atoms with E-state index < -0.39 is 23.7 Å². The summed E-state index contributed by atoms with van der Waals surface area (Å²) in [6.07, 6.45) is 11.9. The van der Waals surface area contributed by atoms with E-state index in [1.165, 1.54) is 52.7 Å². The van der Waals surface area contributed by atoms with Crippen LogP contribution in [0.1, 0.15) is 127 Å². The second-order valence-electron chi connectivity index (χ2n) is 31.5. The van der Waals surface area contributed by atoms with E-state index in [4.69, 9.17) is 32.5 Å². The molecule has 0 saturated carbocycles. The number of hydrogen-bond donors (Lipinski definition) is 8. The molecule has 29 heteroatoms. The van der Waals surface area contributed by atoms with Crippen molar-refractivity contribution < 1.29 is 23.2 Å². The van der Waals surface area contributed by atoms with Gasteiger partial charge in [-0.3, -0.25) is 20.1 Å². The summed E-state index contributed by atoms with van der Waals surface area (Å²) in [5, 5.41) is 39.3. The molecule has 5 amide bonds. The van der Waals surface area contributed by atoms with Crippen molar-refractivity contribution in [2.24, 2.45) is 27.1 Å². The van der Waals surface area contributed by atoms with Crippen LogP contribution in [0.2, 0.25) is 0 Å². The number of urea groups is 2. The highest BCUT2D eigenvalue weighted by Crippen LogP contribution is 2.40. The van der Waals surface area contributed by atoms with Crippen molar-refractivity contribution in [2.75, 3.05) is 43.8 Å². The number of amides is 5. The number of anilines is 8. The number of nitrogens with one attached hydrogen (secondary N) is 5. The van der Waals surface area contributed by atoms with Crippen LogP contribution in [-0.2, 0) is 42.2 Å². The normalized spacial score (nSPS) is 13.1. The smallest absolute Gasteiger partial charge is 0.324 e. The highest BCUT2D eigenvalue weighted by Gasteiger charge is 2.29. The molecular weight excluding hydrogens is 1430 g/mol. The monoisotopic (exact) mass is 1520 g/mol. The number of nitrogen functional groups attached to an aromatic ring is 3. The van der Waals surface area contributed by atoms with Gasteiger partial charge in [-0.15, -0.1) is 0 Å². The zero-order valence-corrected chi connectivity index (χ0v) is 65.9. The van der Waals surface area contributed by atoms with Crippen molar-refractivity contribution in [3.05, 3.63) is 216 Å². The topological polar surface area (TPSA) is 348 Å². The van der Waals surface area contributed by atoms with Crippen LogP contribution < -0.4 is 43.8 Å². The molecule has 580 valence electrons. The number of nitrogens with zero attached hydrogens (tertiary/aromatic N) is 16. The lowest BCUT2D eigenvalue weighted by molar-refractivity contribution is -0.117. The fourth-order valence-electron chi connectivity index (χ4n) is 13.2. The van der Waals surface area contributed by atoms with E-state index in [9.17, 15) is 14.4 Å². The standard InChI is InChI=1S/C29H35N7O.C28H29FN8O.C27H28FN9O/c1-18-6-12-21(13-7-18)36-24(15-23(34-36)29(2,3)4)33-25(37)14-19-8-10-20(11-9-19)22-16-35(5)28-26(22)27(30)31-17-32-28;1-16-6-9-18(10-7-16)37-23(15-22(34-37)28(2,3)4)33-27(38)32-20-11-8-17(14-19(20)29)25-24-21(36(5)35-25)12-13-31-26(24)30;1-15-6-9-17(10-7-15)37-21(13-20(34-37)27(2,3)4)33-26(38)32-16-8-11-18(19(28)12-16)23-22-24(29)30-14-31-25(22)36(5)35-23/h6-7,10,12-13,15-17,19H,8-9,11,14H2,1-5H3,(H,33,37)(H2,30,31,32);6-15H,1-5H3,(H2,30,31)(H2,32,33,38);6-14H,1-5H3,(H2,29,30,31)(H2,32,33,38). The quantitative estimate of drug-likeness (QED) is 0.0532. The molecule has 9 aromatic heterocycles. The van der Waals surface area contributed by atoms with E-state index in [0.717, 1.165) is 86.6 Å². The molecule has 0 bridgehead atoms. The molecule has 5 aromatic carbocycles. The number of rotatable bonds is 13. The summed E-state index contributed by atoms with van der Waals surface area (Å²) in [6, 6.07) is 39.0. The van der Waals surface area contributed by atoms with Gasteiger partial charge in [-0.1, -0.05) is 128 Å². The Kier molecular flexibility index (Phi) is 21.4. The first-order valence-electron chi connectivity index (χ1n) is 37.0. The Morgan fingerprint density at radius 2 is 0.982 bits per heavy atom. The van der Waals surface area contributed by atoms with Crippen LogP contribution in [0.15, 0.2) is 165 Å². The van der Waals surface area contributed by atoms with Crippen LogP contribution in [0.25, 0.3) is 78.1 Å². The van der Waals surface area contributed by atoms with Gasteiger partial charge in [0, 0.05) is 96.8 Å². The number of aromatic nitrogens is 16. The van der Waals surface area contributed by atoms with Gasteiger partial charge in [-0.05, 0) is 124 Å². The summed E-state index contributed by atoms with van der Waals surface area (Å²) in [7, 11) is 5.46. The number of hydrogen-bond acceptors (Lipinski definition) is 16. The molecule has 14 aromatic rings. The number of carbonyl (C=O) groups excluding carboxylic acids is 3. The van der Waals surface area contributed by atoms with Crippen molar-refractivity contribution >= 4 is 103 Å². The Hall–Kier alpha value is -13.5. The van der Waals surface area contributed by atoms with E-state index in [-0.39, 0.29) is 50.8 Å². The first-order valence-corrected chi connectivity index (χ1v) is 37.0. The lowest BCUT2D eigenvalue weighted by Crippen LogP contribution is -2.22. The number of carbonyl (C=O) groups is 3. The summed E-state index contributed by atoms with van der Waals surface area (Å²) in [6.45, 7) is 24.7. The van der Waals surface area contributed by atoms with Gasteiger partial charge in [0.15, 0.2) is 5.65 Å². The first-order chi connectivity index (χ1) is 53.6. The van der Waals surface area contributed by atoms with Gasteiger partial charge >= 0.3 is 12.1 Å². The Bertz CT molecular complexity index is 5960. The van der Waals surface area contributed by atoms with Gasteiger partial charge in [0.25, 0.3) is 0 Å².